The number of methoxy groups -OCH3 is 1. The predicted molar refractivity (Wildman–Crippen MR) is 74.8 cm³/mol. The molecule has 1 rings (SSSR count). The van der Waals surface area contributed by atoms with Gasteiger partial charge in [0.05, 0.1) is 12.8 Å². The van der Waals surface area contributed by atoms with Crippen LogP contribution in [0.15, 0.2) is 29.5 Å². The largest absolute Gasteiger partial charge is 0.495 e. The van der Waals surface area contributed by atoms with E-state index in [0.29, 0.717) is 17.1 Å². The van der Waals surface area contributed by atoms with Gasteiger partial charge in [0, 0.05) is 12.6 Å². The summed E-state index contributed by atoms with van der Waals surface area (Å²) in [6.45, 7) is 1.36. The summed E-state index contributed by atoms with van der Waals surface area (Å²) in [7, 11) is 1.43. The summed E-state index contributed by atoms with van der Waals surface area (Å²) in [6, 6.07) is 9.74. The number of hydrogen-bond donors (Lipinski definition) is 2. The lowest BCUT2D eigenvalue weighted by atomic mass is 10.2. The van der Waals surface area contributed by atoms with Crippen molar-refractivity contribution in [3.8, 4) is 24.0 Å². The Balaban J connectivity index is 3.26. The van der Waals surface area contributed by atoms with E-state index in [4.69, 9.17) is 20.5 Å². The molecule has 0 saturated carbocycles. The number of allylic oxidation sites excluding steroid dienone is 2. The molecule has 0 fully saturated rings. The Morgan fingerprint density at radius 1 is 1.14 bits per heavy atom. The molecule has 1 aromatic carbocycles. The molecule has 1 aromatic rings. The standard InChI is InChI=1S/C14H11N5O2/c1-9(20)18-11-3-4-14(21-2)12(5-11)19-13(8-17)10(6-15)7-16/h3-5,19H,1-2H3,(H,18,20). The molecule has 0 atom stereocenters. The fourth-order valence-electron chi connectivity index (χ4n) is 1.50. The molecule has 0 heterocycles. The van der Waals surface area contributed by atoms with Gasteiger partial charge in [-0.2, -0.15) is 15.8 Å². The fourth-order valence-corrected chi connectivity index (χ4v) is 1.50. The monoisotopic (exact) mass is 281 g/mol. The maximum Gasteiger partial charge on any atom is 0.221 e. The molecule has 0 bridgehead atoms. The van der Waals surface area contributed by atoms with Crippen molar-refractivity contribution in [1.82, 2.24) is 0 Å². The third-order valence-corrected chi connectivity index (χ3v) is 2.36. The van der Waals surface area contributed by atoms with E-state index in [9.17, 15) is 4.79 Å². The highest BCUT2D eigenvalue weighted by Crippen LogP contribution is 2.29. The van der Waals surface area contributed by atoms with Crippen LogP contribution in [0.2, 0.25) is 0 Å². The number of ether oxygens (including phenoxy) is 1. The highest BCUT2D eigenvalue weighted by molar-refractivity contribution is 5.89. The Kier molecular flexibility index (Phi) is 5.32. The van der Waals surface area contributed by atoms with E-state index in [1.165, 1.54) is 20.1 Å². The summed E-state index contributed by atoms with van der Waals surface area (Å²) in [5, 5.41) is 31.8. The summed E-state index contributed by atoms with van der Waals surface area (Å²) < 4.78 is 5.12. The zero-order valence-corrected chi connectivity index (χ0v) is 11.4. The second-order valence-corrected chi connectivity index (χ2v) is 3.81. The molecule has 0 radical (unpaired) electrons. The van der Waals surface area contributed by atoms with Gasteiger partial charge in [-0.05, 0) is 18.2 Å². The molecule has 1 amide bonds. The van der Waals surface area contributed by atoms with E-state index < -0.39 is 0 Å². The molecular formula is C14H11N5O2. The van der Waals surface area contributed by atoms with Crippen molar-refractivity contribution < 1.29 is 9.53 Å². The van der Waals surface area contributed by atoms with Crippen LogP contribution in [0.1, 0.15) is 6.92 Å². The van der Waals surface area contributed by atoms with Gasteiger partial charge in [0.2, 0.25) is 5.91 Å². The van der Waals surface area contributed by atoms with Crippen molar-refractivity contribution in [2.75, 3.05) is 17.7 Å². The third-order valence-electron chi connectivity index (χ3n) is 2.36. The van der Waals surface area contributed by atoms with Gasteiger partial charge >= 0.3 is 0 Å². The molecule has 0 aliphatic heterocycles. The van der Waals surface area contributed by atoms with Crippen molar-refractivity contribution in [2.24, 2.45) is 0 Å². The van der Waals surface area contributed by atoms with E-state index in [-0.39, 0.29) is 17.2 Å². The fraction of sp³-hybridized carbons (Fsp3) is 0.143. The Morgan fingerprint density at radius 2 is 1.81 bits per heavy atom. The topological polar surface area (TPSA) is 122 Å². The van der Waals surface area contributed by atoms with Crippen molar-refractivity contribution >= 4 is 17.3 Å². The van der Waals surface area contributed by atoms with Gasteiger partial charge in [-0.1, -0.05) is 0 Å². The molecule has 7 heteroatoms. The van der Waals surface area contributed by atoms with E-state index in [2.05, 4.69) is 10.6 Å². The Morgan fingerprint density at radius 3 is 2.29 bits per heavy atom. The molecule has 0 aromatic heterocycles. The number of carbonyl (C=O) groups is 1. The summed E-state index contributed by atoms with van der Waals surface area (Å²) in [4.78, 5) is 11.0. The first kappa shape index (κ1) is 15.6. The molecule has 0 aliphatic rings. The van der Waals surface area contributed by atoms with Crippen LogP contribution in [-0.2, 0) is 4.79 Å². The summed E-state index contributed by atoms with van der Waals surface area (Å²) in [5.74, 6) is 0.143. The van der Waals surface area contributed by atoms with E-state index >= 15 is 0 Å². The molecule has 0 saturated heterocycles. The molecule has 2 N–H and O–H groups in total. The predicted octanol–water partition coefficient (Wildman–Crippen LogP) is 1.89. The number of nitrogens with zero attached hydrogens (tertiary/aromatic N) is 3. The Hall–Kier alpha value is -3.50. The van der Waals surface area contributed by atoms with Crippen molar-refractivity contribution in [3.63, 3.8) is 0 Å². The van der Waals surface area contributed by atoms with Crippen LogP contribution in [0, 0.1) is 34.0 Å². The maximum atomic E-state index is 11.0. The minimum absolute atomic E-state index is 0.196. The molecule has 104 valence electrons. The first-order valence-electron chi connectivity index (χ1n) is 5.73. The minimum Gasteiger partial charge on any atom is -0.495 e. The van der Waals surface area contributed by atoms with Gasteiger partial charge in [0.25, 0.3) is 0 Å². The number of anilines is 2. The van der Waals surface area contributed by atoms with Crippen molar-refractivity contribution in [1.29, 1.82) is 15.8 Å². The molecule has 7 nitrogen and oxygen atoms in total. The van der Waals surface area contributed by atoms with Crippen LogP contribution in [0.5, 0.6) is 5.75 Å². The summed E-state index contributed by atoms with van der Waals surface area (Å²) in [5.41, 5.74) is 0.296. The Bertz CT molecular complexity index is 700. The van der Waals surface area contributed by atoms with E-state index in [0.717, 1.165) is 0 Å². The molecular weight excluding hydrogens is 270 g/mol. The van der Waals surface area contributed by atoms with Crippen LogP contribution < -0.4 is 15.4 Å². The smallest absolute Gasteiger partial charge is 0.221 e. The quantitative estimate of drug-likeness (QED) is 0.812. The second kappa shape index (κ2) is 7.18. The lowest BCUT2D eigenvalue weighted by molar-refractivity contribution is -0.114. The number of benzene rings is 1. The number of rotatable bonds is 4. The van der Waals surface area contributed by atoms with Crippen molar-refractivity contribution in [2.45, 2.75) is 6.92 Å². The number of amides is 1. The summed E-state index contributed by atoms with van der Waals surface area (Å²) in [6.07, 6.45) is 0. The highest BCUT2D eigenvalue weighted by Gasteiger charge is 2.11. The normalized spacial score (nSPS) is 8.52. The minimum atomic E-state index is -0.343. The average molecular weight is 281 g/mol. The van der Waals surface area contributed by atoms with Gasteiger partial charge < -0.3 is 15.4 Å². The summed E-state index contributed by atoms with van der Waals surface area (Å²) >= 11 is 0. The van der Waals surface area contributed by atoms with Gasteiger partial charge in [0.1, 0.15) is 29.7 Å². The molecule has 0 unspecified atom stereocenters. The van der Waals surface area contributed by atoms with Gasteiger partial charge in [-0.15, -0.1) is 0 Å². The lowest BCUT2D eigenvalue weighted by Gasteiger charge is -2.12. The van der Waals surface area contributed by atoms with Crippen LogP contribution in [0.25, 0.3) is 0 Å². The second-order valence-electron chi connectivity index (χ2n) is 3.81. The Labute approximate surface area is 121 Å². The van der Waals surface area contributed by atoms with Gasteiger partial charge in [-0.25, -0.2) is 0 Å². The van der Waals surface area contributed by atoms with Crippen LogP contribution in [-0.4, -0.2) is 13.0 Å². The number of nitriles is 3. The van der Waals surface area contributed by atoms with Crippen LogP contribution >= 0.6 is 0 Å². The van der Waals surface area contributed by atoms with Gasteiger partial charge in [-0.3, -0.25) is 4.79 Å². The SMILES string of the molecule is COc1ccc(NC(C)=O)cc1NC(C#N)=C(C#N)C#N. The zero-order chi connectivity index (χ0) is 15.8. The van der Waals surface area contributed by atoms with E-state index in [1.807, 2.05) is 0 Å². The lowest BCUT2D eigenvalue weighted by Crippen LogP contribution is -2.07. The number of carbonyl (C=O) groups excluding carboxylic acids is 1. The van der Waals surface area contributed by atoms with Crippen LogP contribution in [0.4, 0.5) is 11.4 Å². The number of nitrogens with one attached hydrogen (secondary N) is 2. The molecule has 0 spiro atoms. The van der Waals surface area contributed by atoms with Crippen molar-refractivity contribution in [3.05, 3.63) is 29.5 Å². The first-order valence-corrected chi connectivity index (χ1v) is 5.73. The highest BCUT2D eigenvalue weighted by atomic mass is 16.5. The molecule has 21 heavy (non-hydrogen) atoms. The average Bonchev–Trinajstić information content (AvgIpc) is 2.47. The maximum absolute atomic E-state index is 11.0. The first-order chi connectivity index (χ1) is 10.0. The van der Waals surface area contributed by atoms with E-state index in [1.54, 1.807) is 30.3 Å². The zero-order valence-electron chi connectivity index (χ0n) is 11.4. The van der Waals surface area contributed by atoms with Crippen LogP contribution in [0.3, 0.4) is 0 Å². The molecule has 0 aliphatic carbocycles. The number of hydrogen-bond acceptors (Lipinski definition) is 6. The van der Waals surface area contributed by atoms with Gasteiger partial charge in [0.15, 0.2) is 5.57 Å². The third kappa shape index (κ3) is 3.99.